The van der Waals surface area contributed by atoms with E-state index >= 15 is 0 Å². The molecule has 0 fully saturated rings. The number of hydrogen-bond acceptors (Lipinski definition) is 4. The molecule has 0 bridgehead atoms. The summed E-state index contributed by atoms with van der Waals surface area (Å²) in [6, 6.07) is 0. The molecule has 1 heterocycles. The van der Waals surface area contributed by atoms with Crippen molar-refractivity contribution in [3.05, 3.63) is 11.9 Å². The molecule has 0 aliphatic rings. The molecule has 0 atom stereocenters. The second-order valence-corrected chi connectivity index (χ2v) is 4.85. The van der Waals surface area contributed by atoms with Gasteiger partial charge in [0, 0.05) is 38.3 Å². The maximum atomic E-state index is 5.34. The van der Waals surface area contributed by atoms with E-state index in [1.807, 2.05) is 25.6 Å². The predicted octanol–water partition coefficient (Wildman–Crippen LogP) is 2.39. The summed E-state index contributed by atoms with van der Waals surface area (Å²) in [4.78, 5) is 4.48. The number of aryl methyl sites for hydroxylation is 2. The Balaban J connectivity index is 2.40. The van der Waals surface area contributed by atoms with E-state index in [1.54, 1.807) is 0 Å². The van der Waals surface area contributed by atoms with Gasteiger partial charge < -0.3 is 14.6 Å². The first-order chi connectivity index (χ1) is 8.27. The summed E-state index contributed by atoms with van der Waals surface area (Å²) < 4.78 is 7.52. The number of anilines is 1. The predicted molar refractivity (Wildman–Crippen MR) is 74.9 cm³/mol. The van der Waals surface area contributed by atoms with Crippen LogP contribution in [0.3, 0.4) is 0 Å². The van der Waals surface area contributed by atoms with Crippen LogP contribution in [-0.2, 0) is 11.3 Å². The molecule has 0 spiro atoms. The van der Waals surface area contributed by atoms with Crippen LogP contribution in [-0.4, -0.2) is 41.3 Å². The summed E-state index contributed by atoms with van der Waals surface area (Å²) in [6.45, 7) is 7.58. The third kappa shape index (κ3) is 5.46. The Bertz CT molecular complexity index is 315. The van der Waals surface area contributed by atoms with Gasteiger partial charge in [0.1, 0.15) is 0 Å². The van der Waals surface area contributed by atoms with Crippen molar-refractivity contribution in [2.45, 2.75) is 26.8 Å². The molecule has 1 aromatic heterocycles. The van der Waals surface area contributed by atoms with Crippen LogP contribution in [0.25, 0.3) is 0 Å². The van der Waals surface area contributed by atoms with E-state index in [1.165, 1.54) is 0 Å². The highest BCUT2D eigenvalue weighted by atomic mass is 32.2. The van der Waals surface area contributed by atoms with Crippen molar-refractivity contribution in [2.24, 2.45) is 0 Å². The van der Waals surface area contributed by atoms with Gasteiger partial charge in [-0.15, -0.1) is 0 Å². The van der Waals surface area contributed by atoms with E-state index in [0.717, 1.165) is 50.1 Å². The molecule has 0 aliphatic heterocycles. The lowest BCUT2D eigenvalue weighted by atomic mass is 10.4. The Hall–Kier alpha value is -0.680. The fourth-order valence-electron chi connectivity index (χ4n) is 1.60. The highest BCUT2D eigenvalue weighted by Crippen LogP contribution is 2.09. The molecule has 17 heavy (non-hydrogen) atoms. The number of hydrogen-bond donors (Lipinski definition) is 1. The molecule has 0 amide bonds. The van der Waals surface area contributed by atoms with Gasteiger partial charge in [-0.2, -0.15) is 11.8 Å². The van der Waals surface area contributed by atoms with Gasteiger partial charge in [0.05, 0.1) is 5.69 Å². The van der Waals surface area contributed by atoms with E-state index in [9.17, 15) is 0 Å². The van der Waals surface area contributed by atoms with Crippen molar-refractivity contribution in [3.8, 4) is 0 Å². The third-order valence-corrected chi connectivity index (χ3v) is 2.99. The van der Waals surface area contributed by atoms with Crippen molar-refractivity contribution >= 4 is 17.7 Å². The third-order valence-electron chi connectivity index (χ3n) is 2.38. The lowest BCUT2D eigenvalue weighted by Crippen LogP contribution is -2.11. The van der Waals surface area contributed by atoms with E-state index in [2.05, 4.69) is 27.3 Å². The Morgan fingerprint density at radius 2 is 2.35 bits per heavy atom. The summed E-state index contributed by atoms with van der Waals surface area (Å²) in [5.41, 5.74) is 1.06. The maximum absolute atomic E-state index is 5.34. The van der Waals surface area contributed by atoms with Crippen LogP contribution in [0.4, 0.5) is 5.95 Å². The minimum Gasteiger partial charge on any atom is -0.382 e. The summed E-state index contributed by atoms with van der Waals surface area (Å²) >= 11 is 1.84. The second kappa shape index (κ2) is 8.42. The zero-order chi connectivity index (χ0) is 12.5. The molecule has 5 heteroatoms. The van der Waals surface area contributed by atoms with Crippen molar-refractivity contribution < 1.29 is 4.74 Å². The molecule has 0 aromatic carbocycles. The molecule has 0 saturated heterocycles. The topological polar surface area (TPSA) is 39.1 Å². The highest BCUT2D eigenvalue weighted by molar-refractivity contribution is 7.98. The van der Waals surface area contributed by atoms with Crippen LogP contribution in [0.5, 0.6) is 0 Å². The van der Waals surface area contributed by atoms with Crippen LogP contribution in [0.1, 0.15) is 19.0 Å². The molecule has 1 aromatic rings. The van der Waals surface area contributed by atoms with E-state index in [4.69, 9.17) is 4.74 Å². The summed E-state index contributed by atoms with van der Waals surface area (Å²) in [5.74, 6) is 2.08. The first kappa shape index (κ1) is 14.4. The number of imidazole rings is 1. The number of nitrogens with one attached hydrogen (secondary N) is 1. The Morgan fingerprint density at radius 3 is 3.06 bits per heavy atom. The molecule has 1 N–H and O–H groups in total. The van der Waals surface area contributed by atoms with Crippen molar-refractivity contribution in [3.63, 3.8) is 0 Å². The maximum Gasteiger partial charge on any atom is 0.203 e. The normalized spacial score (nSPS) is 10.8. The smallest absolute Gasteiger partial charge is 0.203 e. The Kier molecular flexibility index (Phi) is 7.12. The van der Waals surface area contributed by atoms with Gasteiger partial charge in [0.25, 0.3) is 0 Å². The lowest BCUT2D eigenvalue weighted by Gasteiger charge is -2.09. The summed E-state index contributed by atoms with van der Waals surface area (Å²) in [6.07, 6.45) is 5.23. The van der Waals surface area contributed by atoms with Gasteiger partial charge in [-0.05, 0) is 26.5 Å². The van der Waals surface area contributed by atoms with E-state index in [0.29, 0.717) is 0 Å². The molecule has 0 radical (unpaired) electrons. The molecule has 0 aliphatic carbocycles. The van der Waals surface area contributed by atoms with Gasteiger partial charge >= 0.3 is 0 Å². The summed E-state index contributed by atoms with van der Waals surface area (Å²) in [7, 11) is 0. The van der Waals surface area contributed by atoms with Crippen molar-refractivity contribution in [2.75, 3.05) is 37.1 Å². The molecular weight excluding hydrogens is 234 g/mol. The van der Waals surface area contributed by atoms with Crippen LogP contribution < -0.4 is 5.32 Å². The van der Waals surface area contributed by atoms with Gasteiger partial charge in [0.15, 0.2) is 0 Å². The molecular formula is C12H23N3OS. The second-order valence-electron chi connectivity index (χ2n) is 3.87. The number of thioether (sulfide) groups is 1. The molecule has 98 valence electrons. The fourth-order valence-corrected chi connectivity index (χ4v) is 1.91. The Labute approximate surface area is 108 Å². The minimum atomic E-state index is 0.793. The largest absolute Gasteiger partial charge is 0.382 e. The van der Waals surface area contributed by atoms with E-state index < -0.39 is 0 Å². The molecule has 0 saturated carbocycles. The first-order valence-electron chi connectivity index (χ1n) is 6.12. The monoisotopic (exact) mass is 257 g/mol. The number of nitrogens with zero attached hydrogens (tertiary/aromatic N) is 2. The SMILES string of the molecule is CCOCCCn1cc(C)nc1NCCSC. The number of aromatic nitrogens is 2. The van der Waals surface area contributed by atoms with E-state index in [-0.39, 0.29) is 0 Å². The van der Waals surface area contributed by atoms with Crippen LogP contribution in [0.15, 0.2) is 6.20 Å². The van der Waals surface area contributed by atoms with Gasteiger partial charge in [-0.25, -0.2) is 4.98 Å². The first-order valence-corrected chi connectivity index (χ1v) is 7.51. The minimum absolute atomic E-state index is 0.793. The number of ether oxygens (including phenoxy) is 1. The van der Waals surface area contributed by atoms with Gasteiger partial charge in [-0.3, -0.25) is 0 Å². The lowest BCUT2D eigenvalue weighted by molar-refractivity contribution is 0.142. The standard InChI is InChI=1S/C12H23N3OS/c1-4-16-8-5-7-15-10-11(2)14-12(15)13-6-9-17-3/h10H,4-9H2,1-3H3,(H,13,14). The van der Waals surface area contributed by atoms with Gasteiger partial charge in [-0.1, -0.05) is 0 Å². The van der Waals surface area contributed by atoms with Crippen LogP contribution in [0, 0.1) is 6.92 Å². The average molecular weight is 257 g/mol. The summed E-state index contributed by atoms with van der Waals surface area (Å²) in [5, 5.41) is 3.37. The fraction of sp³-hybridized carbons (Fsp3) is 0.750. The zero-order valence-electron chi connectivity index (χ0n) is 11.0. The van der Waals surface area contributed by atoms with Crippen LogP contribution >= 0.6 is 11.8 Å². The van der Waals surface area contributed by atoms with Gasteiger partial charge in [0.2, 0.25) is 5.95 Å². The average Bonchev–Trinajstić information content (AvgIpc) is 2.66. The van der Waals surface area contributed by atoms with Crippen molar-refractivity contribution in [1.82, 2.24) is 9.55 Å². The molecule has 1 rings (SSSR count). The van der Waals surface area contributed by atoms with Crippen molar-refractivity contribution in [1.29, 1.82) is 0 Å². The quantitative estimate of drug-likeness (QED) is 0.690. The highest BCUT2D eigenvalue weighted by Gasteiger charge is 2.04. The molecule has 0 unspecified atom stereocenters. The van der Waals surface area contributed by atoms with Crippen LogP contribution in [0.2, 0.25) is 0 Å². The Morgan fingerprint density at radius 1 is 1.53 bits per heavy atom. The molecule has 4 nitrogen and oxygen atoms in total. The number of rotatable bonds is 9. The zero-order valence-corrected chi connectivity index (χ0v) is 11.8.